The van der Waals surface area contributed by atoms with Crippen molar-refractivity contribution in [3.8, 4) is 0 Å². The maximum Gasteiger partial charge on any atom is 0.264 e. The summed E-state index contributed by atoms with van der Waals surface area (Å²) in [5, 5.41) is 5.37. The third-order valence-electron chi connectivity index (χ3n) is 6.79. The van der Waals surface area contributed by atoms with Crippen LogP contribution in [-0.4, -0.2) is 98.1 Å². The zero-order chi connectivity index (χ0) is 25.5. The lowest BCUT2D eigenvalue weighted by Crippen LogP contribution is -2.54. The van der Waals surface area contributed by atoms with Crippen LogP contribution >= 0.6 is 0 Å². The molecule has 0 bridgehead atoms. The van der Waals surface area contributed by atoms with Gasteiger partial charge in [-0.15, -0.1) is 0 Å². The number of imide groups is 2. The number of carbonyl (C=O) groups is 4. The Balaban J connectivity index is 1.15. The van der Waals surface area contributed by atoms with Crippen molar-refractivity contribution < 1.29 is 28.7 Å². The van der Waals surface area contributed by atoms with Crippen LogP contribution in [0.2, 0.25) is 0 Å². The number of carbonyl (C=O) groups excluding carboxylic acids is 4. The summed E-state index contributed by atoms with van der Waals surface area (Å²) in [5.74, 6) is -2.07. The molecule has 4 N–H and O–H groups in total. The first-order chi connectivity index (χ1) is 17.5. The number of nitrogens with zero attached hydrogens (tertiary/aromatic N) is 2. The fraction of sp³-hybridized carbons (Fsp3) is 0.600. The van der Waals surface area contributed by atoms with Crippen LogP contribution in [0.4, 0.5) is 5.69 Å². The summed E-state index contributed by atoms with van der Waals surface area (Å²) in [6.07, 6.45) is 3.11. The lowest BCUT2D eigenvalue weighted by atomic mass is 10.0. The maximum atomic E-state index is 13.1. The van der Waals surface area contributed by atoms with Gasteiger partial charge in [-0.2, -0.15) is 0 Å². The molecule has 11 heteroatoms. The molecule has 4 amide bonds. The molecule has 196 valence electrons. The summed E-state index contributed by atoms with van der Waals surface area (Å²) >= 11 is 0. The van der Waals surface area contributed by atoms with E-state index in [1.165, 1.54) is 0 Å². The minimum atomic E-state index is -0.980. The minimum absolute atomic E-state index is 0.0882. The quantitative estimate of drug-likeness (QED) is 0.273. The molecule has 0 spiro atoms. The second-order valence-corrected chi connectivity index (χ2v) is 9.36. The van der Waals surface area contributed by atoms with Gasteiger partial charge in [0.1, 0.15) is 6.04 Å². The number of anilines is 1. The van der Waals surface area contributed by atoms with Crippen molar-refractivity contribution in [1.82, 2.24) is 15.1 Å². The molecule has 1 aromatic rings. The van der Waals surface area contributed by atoms with Crippen LogP contribution in [0.5, 0.6) is 0 Å². The van der Waals surface area contributed by atoms with E-state index in [-0.39, 0.29) is 24.0 Å². The van der Waals surface area contributed by atoms with Gasteiger partial charge in [0.25, 0.3) is 11.8 Å². The summed E-state index contributed by atoms with van der Waals surface area (Å²) in [6, 6.07) is 4.35. The molecule has 11 nitrogen and oxygen atoms in total. The van der Waals surface area contributed by atoms with Crippen LogP contribution in [0.15, 0.2) is 18.2 Å². The Hall–Kier alpha value is -2.86. The highest BCUT2D eigenvalue weighted by Gasteiger charge is 2.45. The molecule has 1 aromatic carbocycles. The third-order valence-corrected chi connectivity index (χ3v) is 6.79. The average Bonchev–Trinajstić information content (AvgIpc) is 3.12. The number of benzene rings is 1. The van der Waals surface area contributed by atoms with E-state index in [4.69, 9.17) is 15.2 Å². The zero-order valence-electron chi connectivity index (χ0n) is 20.5. The fourth-order valence-electron chi connectivity index (χ4n) is 4.76. The number of fused-ring (bicyclic) bond motifs is 1. The summed E-state index contributed by atoms with van der Waals surface area (Å²) in [4.78, 5) is 53.0. The number of ether oxygens (including phenoxy) is 2. The Morgan fingerprint density at radius 3 is 2.47 bits per heavy atom. The van der Waals surface area contributed by atoms with Crippen molar-refractivity contribution in [2.45, 2.75) is 44.2 Å². The molecule has 0 saturated carbocycles. The molecule has 2 saturated heterocycles. The largest absolute Gasteiger partial charge is 0.382 e. The molecule has 0 aromatic heterocycles. The molecule has 36 heavy (non-hydrogen) atoms. The number of rotatable bonds is 12. The highest BCUT2D eigenvalue weighted by molar-refractivity contribution is 6.25. The smallest absolute Gasteiger partial charge is 0.264 e. The first-order valence-corrected chi connectivity index (χ1v) is 12.7. The Morgan fingerprint density at radius 2 is 1.72 bits per heavy atom. The minimum Gasteiger partial charge on any atom is -0.382 e. The molecule has 0 radical (unpaired) electrons. The van der Waals surface area contributed by atoms with E-state index in [0.717, 1.165) is 43.8 Å². The normalized spacial score (nSPS) is 21.1. The van der Waals surface area contributed by atoms with E-state index in [0.29, 0.717) is 44.7 Å². The van der Waals surface area contributed by atoms with E-state index < -0.39 is 29.7 Å². The summed E-state index contributed by atoms with van der Waals surface area (Å²) < 4.78 is 11.4. The van der Waals surface area contributed by atoms with E-state index in [9.17, 15) is 19.2 Å². The lowest BCUT2D eigenvalue weighted by molar-refractivity contribution is -0.136. The molecule has 1 unspecified atom stereocenters. The summed E-state index contributed by atoms with van der Waals surface area (Å²) in [5.41, 5.74) is 6.94. The number of nitrogens with two attached hydrogens (primary N) is 1. The van der Waals surface area contributed by atoms with Gasteiger partial charge in [0.2, 0.25) is 11.8 Å². The van der Waals surface area contributed by atoms with Crippen molar-refractivity contribution in [3.05, 3.63) is 29.3 Å². The average molecular weight is 502 g/mol. The Bertz CT molecular complexity index is 978. The van der Waals surface area contributed by atoms with Crippen LogP contribution in [-0.2, 0) is 19.1 Å². The molecule has 1 atom stereocenters. The van der Waals surface area contributed by atoms with Crippen molar-refractivity contribution in [3.63, 3.8) is 0 Å². The van der Waals surface area contributed by atoms with Crippen LogP contribution in [0.25, 0.3) is 0 Å². The first-order valence-electron chi connectivity index (χ1n) is 12.7. The first kappa shape index (κ1) is 26.2. The Labute approximate surface area is 210 Å². The second kappa shape index (κ2) is 12.4. The van der Waals surface area contributed by atoms with Gasteiger partial charge in [0.05, 0.1) is 24.3 Å². The highest BCUT2D eigenvalue weighted by atomic mass is 16.5. The molecule has 3 aliphatic heterocycles. The monoisotopic (exact) mass is 501 g/mol. The number of hydrogen-bond acceptors (Lipinski definition) is 9. The summed E-state index contributed by atoms with van der Waals surface area (Å²) in [6.45, 7) is 5.80. The topological polar surface area (TPSA) is 143 Å². The van der Waals surface area contributed by atoms with E-state index in [1.54, 1.807) is 18.2 Å². The van der Waals surface area contributed by atoms with Gasteiger partial charge >= 0.3 is 0 Å². The third kappa shape index (κ3) is 6.28. The predicted molar refractivity (Wildman–Crippen MR) is 132 cm³/mol. The number of likely N-dealkylation sites (tertiary alicyclic amines) is 1. The van der Waals surface area contributed by atoms with Crippen molar-refractivity contribution >= 4 is 29.3 Å². The SMILES string of the molecule is NC1CCN(CCOCCCOCCNc2cccc3c2C(=O)N(C2CCC(=O)NC2=O)C3=O)CC1. The Kier molecular flexibility index (Phi) is 9.03. The van der Waals surface area contributed by atoms with Gasteiger partial charge in [0, 0.05) is 44.5 Å². The fourth-order valence-corrected chi connectivity index (χ4v) is 4.76. The zero-order valence-corrected chi connectivity index (χ0v) is 20.5. The van der Waals surface area contributed by atoms with Crippen molar-refractivity contribution in [1.29, 1.82) is 0 Å². The standard InChI is InChI=1S/C25H35N5O6/c26-17-7-10-29(11-8-17)12-16-36-14-2-13-35-15-9-27-19-4-1-3-18-22(19)25(34)30(24(18)33)20-5-6-21(31)28-23(20)32/h1,3-4,17,20,27H,2,5-16,26H2,(H,28,31,32). The molecule has 3 heterocycles. The Morgan fingerprint density at radius 1 is 0.972 bits per heavy atom. The number of amides is 4. The molecule has 2 fully saturated rings. The van der Waals surface area contributed by atoms with E-state index in [2.05, 4.69) is 15.5 Å². The van der Waals surface area contributed by atoms with Gasteiger partial charge < -0.3 is 25.4 Å². The van der Waals surface area contributed by atoms with Gasteiger partial charge in [-0.3, -0.25) is 29.4 Å². The van der Waals surface area contributed by atoms with E-state index >= 15 is 0 Å². The van der Waals surface area contributed by atoms with Crippen LogP contribution in [0.1, 0.15) is 52.8 Å². The molecule has 0 aliphatic carbocycles. The predicted octanol–water partition coefficient (Wildman–Crippen LogP) is 0.346. The van der Waals surface area contributed by atoms with Gasteiger partial charge in [0.15, 0.2) is 0 Å². The highest BCUT2D eigenvalue weighted by Crippen LogP contribution is 2.32. The van der Waals surface area contributed by atoms with Crippen LogP contribution in [0, 0.1) is 0 Å². The molecular weight excluding hydrogens is 466 g/mol. The van der Waals surface area contributed by atoms with Crippen molar-refractivity contribution in [2.75, 3.05) is 57.9 Å². The second-order valence-electron chi connectivity index (χ2n) is 9.36. The van der Waals surface area contributed by atoms with Gasteiger partial charge in [-0.05, 0) is 50.9 Å². The van der Waals surface area contributed by atoms with Gasteiger partial charge in [-0.1, -0.05) is 6.07 Å². The van der Waals surface area contributed by atoms with E-state index in [1.807, 2.05) is 0 Å². The molecular formula is C25H35N5O6. The van der Waals surface area contributed by atoms with Crippen LogP contribution in [0.3, 0.4) is 0 Å². The molecule has 3 aliphatic rings. The number of nitrogens with one attached hydrogen (secondary N) is 2. The molecule has 4 rings (SSSR count). The maximum absolute atomic E-state index is 13.1. The summed E-state index contributed by atoms with van der Waals surface area (Å²) in [7, 11) is 0. The number of piperidine rings is 2. The van der Waals surface area contributed by atoms with Gasteiger partial charge in [-0.25, -0.2) is 0 Å². The lowest BCUT2D eigenvalue weighted by Gasteiger charge is -2.29. The van der Waals surface area contributed by atoms with Crippen LogP contribution < -0.4 is 16.4 Å². The number of hydrogen-bond donors (Lipinski definition) is 3. The van der Waals surface area contributed by atoms with Crippen molar-refractivity contribution in [2.24, 2.45) is 5.73 Å².